The first kappa shape index (κ1) is 10.5. The summed E-state index contributed by atoms with van der Waals surface area (Å²) in [5.41, 5.74) is 0.553. The molecule has 0 bridgehead atoms. The molecular formula is C12H7ClN2O. The van der Waals surface area contributed by atoms with E-state index in [9.17, 15) is 0 Å². The molecule has 0 aliphatic rings. The molecule has 0 radical (unpaired) electrons. The molecule has 1 aromatic heterocycles. The van der Waals surface area contributed by atoms with E-state index in [0.29, 0.717) is 22.2 Å². The van der Waals surface area contributed by atoms with Crippen molar-refractivity contribution < 1.29 is 4.74 Å². The van der Waals surface area contributed by atoms with Crippen molar-refractivity contribution in [3.63, 3.8) is 0 Å². The minimum atomic E-state index is 0.369. The third kappa shape index (κ3) is 2.50. The van der Waals surface area contributed by atoms with E-state index in [0.717, 1.165) is 0 Å². The second kappa shape index (κ2) is 4.65. The SMILES string of the molecule is N#Cc1cccc(Oc2ccnc(Cl)c2)c1. The molecule has 2 rings (SSSR count). The van der Waals surface area contributed by atoms with Gasteiger partial charge < -0.3 is 4.74 Å². The van der Waals surface area contributed by atoms with Crippen molar-refractivity contribution in [2.75, 3.05) is 0 Å². The van der Waals surface area contributed by atoms with Crippen molar-refractivity contribution in [2.45, 2.75) is 0 Å². The number of rotatable bonds is 2. The quantitative estimate of drug-likeness (QED) is 0.743. The summed E-state index contributed by atoms with van der Waals surface area (Å²) in [6, 6.07) is 12.3. The van der Waals surface area contributed by atoms with Gasteiger partial charge in [0.05, 0.1) is 11.6 Å². The maximum absolute atomic E-state index is 8.74. The van der Waals surface area contributed by atoms with Gasteiger partial charge in [-0.1, -0.05) is 17.7 Å². The van der Waals surface area contributed by atoms with Gasteiger partial charge in [-0.2, -0.15) is 5.26 Å². The summed E-state index contributed by atoms with van der Waals surface area (Å²) in [4.78, 5) is 3.85. The van der Waals surface area contributed by atoms with Crippen LogP contribution in [0.2, 0.25) is 5.15 Å². The van der Waals surface area contributed by atoms with E-state index in [4.69, 9.17) is 21.6 Å². The number of ether oxygens (including phenoxy) is 1. The molecule has 16 heavy (non-hydrogen) atoms. The van der Waals surface area contributed by atoms with Crippen molar-refractivity contribution in [1.29, 1.82) is 5.26 Å². The van der Waals surface area contributed by atoms with Gasteiger partial charge in [-0.05, 0) is 24.3 Å². The molecule has 3 nitrogen and oxygen atoms in total. The number of nitrogens with zero attached hydrogens (tertiary/aromatic N) is 2. The van der Waals surface area contributed by atoms with Gasteiger partial charge in [-0.3, -0.25) is 0 Å². The van der Waals surface area contributed by atoms with Crippen LogP contribution in [0.5, 0.6) is 11.5 Å². The van der Waals surface area contributed by atoms with Crippen molar-refractivity contribution in [3.05, 3.63) is 53.3 Å². The fraction of sp³-hybridized carbons (Fsp3) is 0. The predicted octanol–water partition coefficient (Wildman–Crippen LogP) is 3.40. The van der Waals surface area contributed by atoms with E-state index >= 15 is 0 Å². The topological polar surface area (TPSA) is 45.9 Å². The molecule has 78 valence electrons. The lowest BCUT2D eigenvalue weighted by atomic mass is 10.2. The van der Waals surface area contributed by atoms with Gasteiger partial charge in [0.25, 0.3) is 0 Å². The lowest BCUT2D eigenvalue weighted by Gasteiger charge is -2.05. The van der Waals surface area contributed by atoms with Gasteiger partial charge in [-0.25, -0.2) is 4.98 Å². The molecule has 1 aromatic carbocycles. The van der Waals surface area contributed by atoms with Crippen LogP contribution in [0.15, 0.2) is 42.6 Å². The van der Waals surface area contributed by atoms with E-state index in [-0.39, 0.29) is 0 Å². The Kier molecular flexibility index (Phi) is 3.04. The first-order valence-electron chi connectivity index (χ1n) is 4.57. The molecule has 0 aliphatic heterocycles. The number of aromatic nitrogens is 1. The smallest absolute Gasteiger partial charge is 0.132 e. The Morgan fingerprint density at radius 1 is 1.19 bits per heavy atom. The zero-order chi connectivity index (χ0) is 11.4. The molecule has 0 N–H and O–H groups in total. The molecule has 0 aliphatic carbocycles. The summed E-state index contributed by atoms with van der Waals surface area (Å²) >= 11 is 5.73. The fourth-order valence-corrected chi connectivity index (χ4v) is 1.38. The van der Waals surface area contributed by atoms with Crippen LogP contribution in [0.1, 0.15) is 5.56 Å². The Balaban J connectivity index is 2.24. The fourth-order valence-electron chi connectivity index (χ4n) is 1.21. The summed E-state index contributed by atoms with van der Waals surface area (Å²) in [5.74, 6) is 1.19. The number of hydrogen-bond donors (Lipinski definition) is 0. The Labute approximate surface area is 97.9 Å². The molecular weight excluding hydrogens is 224 g/mol. The van der Waals surface area contributed by atoms with Crippen LogP contribution in [-0.2, 0) is 0 Å². The minimum absolute atomic E-state index is 0.369. The number of benzene rings is 1. The van der Waals surface area contributed by atoms with E-state index < -0.39 is 0 Å². The highest BCUT2D eigenvalue weighted by atomic mass is 35.5. The molecule has 0 fully saturated rings. The Morgan fingerprint density at radius 2 is 2.00 bits per heavy atom. The van der Waals surface area contributed by atoms with Crippen LogP contribution < -0.4 is 4.74 Å². The first-order valence-corrected chi connectivity index (χ1v) is 4.95. The van der Waals surface area contributed by atoms with Crippen LogP contribution in [0, 0.1) is 11.3 Å². The second-order valence-corrected chi connectivity index (χ2v) is 3.44. The van der Waals surface area contributed by atoms with Gasteiger partial charge in [0.15, 0.2) is 0 Å². The molecule has 0 spiro atoms. The monoisotopic (exact) mass is 230 g/mol. The predicted molar refractivity (Wildman–Crippen MR) is 60.5 cm³/mol. The van der Waals surface area contributed by atoms with Gasteiger partial charge in [-0.15, -0.1) is 0 Å². The van der Waals surface area contributed by atoms with Gasteiger partial charge in [0, 0.05) is 12.3 Å². The highest BCUT2D eigenvalue weighted by molar-refractivity contribution is 6.29. The van der Waals surface area contributed by atoms with E-state index in [1.807, 2.05) is 6.07 Å². The highest BCUT2D eigenvalue weighted by Crippen LogP contribution is 2.23. The number of hydrogen-bond acceptors (Lipinski definition) is 3. The normalized spacial score (nSPS) is 9.50. The Hall–Kier alpha value is -2.05. The summed E-state index contributed by atoms with van der Waals surface area (Å²) in [7, 11) is 0. The molecule has 0 amide bonds. The molecule has 2 aromatic rings. The minimum Gasteiger partial charge on any atom is -0.457 e. The Morgan fingerprint density at radius 3 is 2.75 bits per heavy atom. The third-order valence-corrected chi connectivity index (χ3v) is 2.10. The largest absolute Gasteiger partial charge is 0.457 e. The molecule has 0 saturated carbocycles. The summed E-state index contributed by atoms with van der Waals surface area (Å²) in [6.45, 7) is 0. The molecule has 0 atom stereocenters. The van der Waals surface area contributed by atoms with E-state index in [1.165, 1.54) is 0 Å². The maximum Gasteiger partial charge on any atom is 0.132 e. The lowest BCUT2D eigenvalue weighted by Crippen LogP contribution is -1.85. The van der Waals surface area contributed by atoms with Crippen LogP contribution in [0.3, 0.4) is 0 Å². The zero-order valence-corrected chi connectivity index (χ0v) is 8.98. The van der Waals surface area contributed by atoms with Crippen LogP contribution in [0.25, 0.3) is 0 Å². The van der Waals surface area contributed by atoms with Crippen LogP contribution >= 0.6 is 11.6 Å². The first-order chi connectivity index (χ1) is 7.78. The third-order valence-electron chi connectivity index (χ3n) is 1.90. The van der Waals surface area contributed by atoms with Gasteiger partial charge in [0.2, 0.25) is 0 Å². The summed E-state index contributed by atoms with van der Waals surface area (Å²) < 4.78 is 5.53. The number of nitriles is 1. The lowest BCUT2D eigenvalue weighted by molar-refractivity contribution is 0.482. The zero-order valence-electron chi connectivity index (χ0n) is 8.22. The molecule has 4 heteroatoms. The molecule has 1 heterocycles. The number of halogens is 1. The highest BCUT2D eigenvalue weighted by Gasteiger charge is 1.99. The summed E-state index contributed by atoms with van der Waals surface area (Å²) in [6.07, 6.45) is 1.56. The second-order valence-electron chi connectivity index (χ2n) is 3.06. The molecule has 0 saturated heterocycles. The van der Waals surface area contributed by atoms with E-state index in [2.05, 4.69) is 4.98 Å². The van der Waals surface area contributed by atoms with Gasteiger partial charge in [0.1, 0.15) is 16.7 Å². The standard InChI is InChI=1S/C12H7ClN2O/c13-12-7-11(4-5-15-12)16-10-3-1-2-9(6-10)8-14/h1-7H. The molecule has 0 unspecified atom stereocenters. The van der Waals surface area contributed by atoms with E-state index in [1.54, 1.807) is 42.6 Å². The summed E-state index contributed by atoms with van der Waals surface area (Å²) in [5, 5.41) is 9.10. The van der Waals surface area contributed by atoms with Crippen molar-refractivity contribution in [3.8, 4) is 17.6 Å². The van der Waals surface area contributed by atoms with Crippen LogP contribution in [0.4, 0.5) is 0 Å². The average Bonchev–Trinajstić information content (AvgIpc) is 2.29. The van der Waals surface area contributed by atoms with Gasteiger partial charge >= 0.3 is 0 Å². The number of pyridine rings is 1. The van der Waals surface area contributed by atoms with Crippen molar-refractivity contribution >= 4 is 11.6 Å². The Bertz CT molecular complexity index is 549. The van der Waals surface area contributed by atoms with Crippen LogP contribution in [-0.4, -0.2) is 4.98 Å². The average molecular weight is 231 g/mol. The van der Waals surface area contributed by atoms with Crippen molar-refractivity contribution in [1.82, 2.24) is 4.98 Å². The van der Waals surface area contributed by atoms with Crippen molar-refractivity contribution in [2.24, 2.45) is 0 Å². The maximum atomic E-state index is 8.74.